The number of aliphatic hydroxyl groups excluding tert-OH is 1. The molecule has 0 saturated heterocycles. The maximum absolute atomic E-state index is 12.0. The van der Waals surface area contributed by atoms with Crippen molar-refractivity contribution >= 4 is 5.91 Å². The molecule has 1 aromatic carbocycles. The number of ether oxygens (including phenoxy) is 1. The molecule has 4 nitrogen and oxygen atoms in total. The molecule has 0 aliphatic rings. The third kappa shape index (κ3) is 4.85. The number of aliphatic hydroxyl groups is 1. The van der Waals surface area contributed by atoms with E-state index in [0.717, 1.165) is 17.7 Å². The molecule has 0 spiro atoms. The van der Waals surface area contributed by atoms with Crippen molar-refractivity contribution in [1.29, 1.82) is 0 Å². The largest absolute Gasteiger partial charge is 0.497 e. The van der Waals surface area contributed by atoms with Gasteiger partial charge in [0.25, 0.3) is 0 Å². The summed E-state index contributed by atoms with van der Waals surface area (Å²) in [5.74, 6) is 0.955. The monoisotopic (exact) mass is 279 g/mol. The molecule has 0 heterocycles. The van der Waals surface area contributed by atoms with Crippen molar-refractivity contribution in [2.75, 3.05) is 13.7 Å². The highest BCUT2D eigenvalue weighted by Gasteiger charge is 2.21. The highest BCUT2D eigenvalue weighted by Crippen LogP contribution is 2.25. The summed E-state index contributed by atoms with van der Waals surface area (Å²) in [5.41, 5.74) is 0.556. The van der Waals surface area contributed by atoms with Gasteiger partial charge in [-0.2, -0.15) is 0 Å². The Morgan fingerprint density at radius 2 is 1.95 bits per heavy atom. The van der Waals surface area contributed by atoms with Gasteiger partial charge in [-0.1, -0.05) is 19.1 Å². The van der Waals surface area contributed by atoms with Crippen LogP contribution in [0.3, 0.4) is 0 Å². The molecule has 0 radical (unpaired) electrons. The molecule has 1 aromatic rings. The molecule has 20 heavy (non-hydrogen) atoms. The molecule has 0 aromatic heterocycles. The minimum absolute atomic E-state index is 0.0354. The van der Waals surface area contributed by atoms with Gasteiger partial charge >= 0.3 is 0 Å². The van der Waals surface area contributed by atoms with E-state index in [1.54, 1.807) is 21.0 Å². The van der Waals surface area contributed by atoms with Crippen LogP contribution in [0.5, 0.6) is 5.75 Å². The van der Waals surface area contributed by atoms with E-state index in [4.69, 9.17) is 4.74 Å². The van der Waals surface area contributed by atoms with Crippen molar-refractivity contribution in [1.82, 2.24) is 5.32 Å². The van der Waals surface area contributed by atoms with Crippen molar-refractivity contribution in [3.8, 4) is 5.75 Å². The van der Waals surface area contributed by atoms with Crippen LogP contribution in [-0.4, -0.2) is 30.3 Å². The van der Waals surface area contributed by atoms with E-state index in [2.05, 4.69) is 12.2 Å². The van der Waals surface area contributed by atoms with E-state index in [-0.39, 0.29) is 18.4 Å². The van der Waals surface area contributed by atoms with Crippen LogP contribution in [-0.2, 0) is 4.79 Å². The molecule has 1 unspecified atom stereocenters. The van der Waals surface area contributed by atoms with Crippen LogP contribution in [0, 0.1) is 0 Å². The average Bonchev–Trinajstić information content (AvgIpc) is 2.44. The van der Waals surface area contributed by atoms with E-state index >= 15 is 0 Å². The molecular formula is C16H25NO3. The van der Waals surface area contributed by atoms with Crippen LogP contribution in [0.15, 0.2) is 24.3 Å². The second kappa shape index (κ2) is 7.29. The van der Waals surface area contributed by atoms with E-state index in [1.165, 1.54) is 0 Å². The quantitative estimate of drug-likeness (QED) is 0.806. The SMILES string of the molecule is CCC(CC(=O)NC(C)(C)CO)c1ccc(OC)cc1. The molecule has 1 atom stereocenters. The lowest BCUT2D eigenvalue weighted by Gasteiger charge is -2.25. The highest BCUT2D eigenvalue weighted by atomic mass is 16.5. The Balaban J connectivity index is 2.68. The van der Waals surface area contributed by atoms with Gasteiger partial charge in [-0.05, 0) is 43.9 Å². The Kier molecular flexibility index (Phi) is 6.02. The van der Waals surface area contributed by atoms with Gasteiger partial charge in [-0.25, -0.2) is 0 Å². The predicted molar refractivity (Wildman–Crippen MR) is 80.0 cm³/mol. The number of carbonyl (C=O) groups is 1. The first-order valence-electron chi connectivity index (χ1n) is 6.97. The summed E-state index contributed by atoms with van der Waals surface area (Å²) in [6.45, 7) is 5.61. The van der Waals surface area contributed by atoms with Crippen LogP contribution in [0.2, 0.25) is 0 Å². The number of amides is 1. The van der Waals surface area contributed by atoms with E-state index in [0.29, 0.717) is 6.42 Å². The van der Waals surface area contributed by atoms with Crippen molar-refractivity contribution in [2.45, 2.75) is 45.1 Å². The Bertz CT molecular complexity index is 426. The van der Waals surface area contributed by atoms with Gasteiger partial charge in [0, 0.05) is 6.42 Å². The zero-order chi connectivity index (χ0) is 15.2. The van der Waals surface area contributed by atoms with Gasteiger partial charge in [0.2, 0.25) is 5.91 Å². The maximum atomic E-state index is 12.0. The van der Waals surface area contributed by atoms with E-state index in [1.807, 2.05) is 24.3 Å². The zero-order valence-electron chi connectivity index (χ0n) is 12.8. The van der Waals surface area contributed by atoms with Gasteiger partial charge in [0.1, 0.15) is 5.75 Å². The molecule has 0 aliphatic heterocycles. The van der Waals surface area contributed by atoms with Gasteiger partial charge in [-0.3, -0.25) is 4.79 Å². The Labute approximate surface area is 121 Å². The first kappa shape index (κ1) is 16.5. The Morgan fingerprint density at radius 1 is 1.35 bits per heavy atom. The van der Waals surface area contributed by atoms with Crippen LogP contribution in [0.4, 0.5) is 0 Å². The van der Waals surface area contributed by atoms with Crippen LogP contribution in [0.25, 0.3) is 0 Å². The number of benzene rings is 1. The smallest absolute Gasteiger partial charge is 0.221 e. The van der Waals surface area contributed by atoms with Crippen LogP contribution >= 0.6 is 0 Å². The second-order valence-corrected chi connectivity index (χ2v) is 5.67. The van der Waals surface area contributed by atoms with Crippen molar-refractivity contribution in [2.24, 2.45) is 0 Å². The summed E-state index contributed by atoms with van der Waals surface area (Å²) in [7, 11) is 1.64. The molecule has 1 rings (SSSR count). The first-order valence-corrected chi connectivity index (χ1v) is 6.97. The normalized spacial score (nSPS) is 12.8. The van der Waals surface area contributed by atoms with Gasteiger partial charge in [-0.15, -0.1) is 0 Å². The molecule has 0 bridgehead atoms. The molecule has 1 amide bonds. The zero-order valence-corrected chi connectivity index (χ0v) is 12.8. The molecule has 4 heteroatoms. The number of hydrogen-bond acceptors (Lipinski definition) is 3. The third-order valence-electron chi connectivity index (χ3n) is 3.38. The minimum Gasteiger partial charge on any atom is -0.497 e. The van der Waals surface area contributed by atoms with Crippen LogP contribution in [0.1, 0.15) is 45.1 Å². The predicted octanol–water partition coefficient (Wildman–Crippen LogP) is 2.47. The lowest BCUT2D eigenvalue weighted by Crippen LogP contribution is -2.46. The summed E-state index contributed by atoms with van der Waals surface area (Å²) in [6.07, 6.45) is 1.31. The molecule has 0 saturated carbocycles. The number of hydrogen-bond donors (Lipinski definition) is 2. The lowest BCUT2D eigenvalue weighted by atomic mass is 9.92. The molecule has 2 N–H and O–H groups in total. The number of rotatable bonds is 7. The lowest BCUT2D eigenvalue weighted by molar-refractivity contribution is -0.123. The third-order valence-corrected chi connectivity index (χ3v) is 3.38. The topological polar surface area (TPSA) is 58.6 Å². The summed E-state index contributed by atoms with van der Waals surface area (Å²) >= 11 is 0. The summed E-state index contributed by atoms with van der Waals surface area (Å²) < 4.78 is 5.14. The van der Waals surface area contributed by atoms with Crippen LogP contribution < -0.4 is 10.1 Å². The molecular weight excluding hydrogens is 254 g/mol. The van der Waals surface area contributed by atoms with Crippen molar-refractivity contribution in [3.63, 3.8) is 0 Å². The average molecular weight is 279 g/mol. The van der Waals surface area contributed by atoms with Gasteiger partial charge in [0.15, 0.2) is 0 Å². The fourth-order valence-corrected chi connectivity index (χ4v) is 2.07. The first-order chi connectivity index (χ1) is 9.41. The maximum Gasteiger partial charge on any atom is 0.221 e. The fraction of sp³-hybridized carbons (Fsp3) is 0.562. The number of carbonyl (C=O) groups excluding carboxylic acids is 1. The number of methoxy groups -OCH3 is 1. The molecule has 0 fully saturated rings. The standard InChI is InChI=1S/C16H25NO3/c1-5-12(10-15(19)17-16(2,3)11-18)13-6-8-14(20-4)9-7-13/h6-9,12,18H,5,10-11H2,1-4H3,(H,17,19). The molecule has 0 aliphatic carbocycles. The summed E-state index contributed by atoms with van der Waals surface area (Å²) in [6, 6.07) is 7.82. The Hall–Kier alpha value is -1.55. The number of nitrogens with one attached hydrogen (secondary N) is 1. The summed E-state index contributed by atoms with van der Waals surface area (Å²) in [4.78, 5) is 12.0. The fourth-order valence-electron chi connectivity index (χ4n) is 2.07. The van der Waals surface area contributed by atoms with Crippen molar-refractivity contribution in [3.05, 3.63) is 29.8 Å². The van der Waals surface area contributed by atoms with Crippen molar-refractivity contribution < 1.29 is 14.6 Å². The van der Waals surface area contributed by atoms with Gasteiger partial charge < -0.3 is 15.2 Å². The Morgan fingerprint density at radius 3 is 2.40 bits per heavy atom. The second-order valence-electron chi connectivity index (χ2n) is 5.67. The van der Waals surface area contributed by atoms with Gasteiger partial charge in [0.05, 0.1) is 19.3 Å². The highest BCUT2D eigenvalue weighted by molar-refractivity contribution is 5.77. The summed E-state index contributed by atoms with van der Waals surface area (Å²) in [5, 5.41) is 12.0. The molecule has 112 valence electrons. The van der Waals surface area contributed by atoms with E-state index < -0.39 is 5.54 Å². The van der Waals surface area contributed by atoms with E-state index in [9.17, 15) is 9.90 Å². The minimum atomic E-state index is -0.574.